The maximum absolute atomic E-state index is 13.9. The number of fused-ring (bicyclic) bond motifs is 1. The fraction of sp³-hybridized carbons (Fsp3) is 0.424. The van der Waals surface area contributed by atoms with E-state index in [1.54, 1.807) is 11.3 Å². The van der Waals surface area contributed by atoms with E-state index in [9.17, 15) is 38.7 Å². The van der Waals surface area contributed by atoms with Crippen LogP contribution in [0.3, 0.4) is 0 Å². The van der Waals surface area contributed by atoms with E-state index in [1.165, 1.54) is 29.3 Å². The molecule has 5 amide bonds. The lowest BCUT2D eigenvalue weighted by molar-refractivity contribution is -0.176. The van der Waals surface area contributed by atoms with E-state index in [1.807, 2.05) is 17.5 Å². The SMILES string of the molecule is C=CCC(C[C@H](NC(=O)[C@@H]1CCCN2C(=O)CC[C@H](NC(=O)NCCc3cccs3)C(=O)N12)C(=O)COC(=O)c1c(Cl)cccc1Cl)C(=O)O. The summed E-state index contributed by atoms with van der Waals surface area (Å²) in [6, 6.07) is 3.67. The summed E-state index contributed by atoms with van der Waals surface area (Å²) in [4.78, 5) is 92.8. The lowest BCUT2D eigenvalue weighted by atomic mass is 9.94. The third-order valence-corrected chi connectivity index (χ3v) is 9.81. The molecule has 2 aliphatic heterocycles. The molecule has 268 valence electrons. The number of hydrogen-bond donors (Lipinski definition) is 4. The summed E-state index contributed by atoms with van der Waals surface area (Å²) < 4.78 is 5.16. The van der Waals surface area contributed by atoms with Crippen LogP contribution in [0.2, 0.25) is 10.0 Å². The third kappa shape index (κ3) is 9.82. The highest BCUT2D eigenvalue weighted by atomic mass is 35.5. The zero-order chi connectivity index (χ0) is 36.4. The topological polar surface area (TPSA) is 192 Å². The van der Waals surface area contributed by atoms with E-state index in [-0.39, 0.29) is 47.8 Å². The van der Waals surface area contributed by atoms with Crippen LogP contribution in [0.5, 0.6) is 0 Å². The molecule has 1 aromatic carbocycles. The molecule has 50 heavy (non-hydrogen) atoms. The fourth-order valence-corrected chi connectivity index (χ4v) is 6.95. The van der Waals surface area contributed by atoms with Crippen molar-refractivity contribution in [1.82, 2.24) is 26.0 Å². The van der Waals surface area contributed by atoms with Gasteiger partial charge in [-0.05, 0) is 62.1 Å². The number of carboxylic acids is 1. The van der Waals surface area contributed by atoms with E-state index in [0.717, 1.165) is 9.89 Å². The number of nitrogens with one attached hydrogen (secondary N) is 3. The maximum atomic E-state index is 13.9. The summed E-state index contributed by atoms with van der Waals surface area (Å²) >= 11 is 13.7. The summed E-state index contributed by atoms with van der Waals surface area (Å²) in [6.07, 6.45) is 1.90. The van der Waals surface area contributed by atoms with Crippen molar-refractivity contribution >= 4 is 76.0 Å². The number of hydrazine groups is 1. The zero-order valence-corrected chi connectivity index (χ0v) is 29.2. The summed E-state index contributed by atoms with van der Waals surface area (Å²) in [5, 5.41) is 21.7. The van der Waals surface area contributed by atoms with E-state index in [0.29, 0.717) is 19.4 Å². The molecule has 0 aliphatic carbocycles. The largest absolute Gasteiger partial charge is 0.481 e. The Hall–Kier alpha value is -4.47. The van der Waals surface area contributed by atoms with Gasteiger partial charge in [0, 0.05) is 24.4 Å². The minimum Gasteiger partial charge on any atom is -0.481 e. The third-order valence-electron chi connectivity index (χ3n) is 8.24. The number of ether oxygens (including phenoxy) is 1. The van der Waals surface area contributed by atoms with Gasteiger partial charge >= 0.3 is 18.0 Å². The lowest BCUT2D eigenvalue weighted by Crippen LogP contribution is -2.65. The Morgan fingerprint density at radius 3 is 2.50 bits per heavy atom. The van der Waals surface area contributed by atoms with Crippen molar-refractivity contribution < 1.29 is 43.4 Å². The number of rotatable bonds is 15. The molecule has 14 nitrogen and oxygen atoms in total. The van der Waals surface area contributed by atoms with Gasteiger partial charge in [0.1, 0.15) is 12.1 Å². The molecule has 4 rings (SSSR count). The number of esters is 1. The van der Waals surface area contributed by atoms with E-state index >= 15 is 0 Å². The number of aliphatic carboxylic acids is 1. The van der Waals surface area contributed by atoms with Gasteiger partial charge < -0.3 is 25.8 Å². The summed E-state index contributed by atoms with van der Waals surface area (Å²) in [5.74, 6) is -6.19. The van der Waals surface area contributed by atoms with Crippen molar-refractivity contribution in [3.05, 3.63) is 68.9 Å². The van der Waals surface area contributed by atoms with Gasteiger partial charge in [-0.15, -0.1) is 17.9 Å². The molecule has 1 aromatic heterocycles. The highest BCUT2D eigenvalue weighted by molar-refractivity contribution is 7.09. The number of allylic oxidation sites excluding steroid dienone is 1. The van der Waals surface area contributed by atoms with Crippen LogP contribution in [0, 0.1) is 5.92 Å². The predicted molar refractivity (Wildman–Crippen MR) is 183 cm³/mol. The fourth-order valence-electron chi connectivity index (χ4n) is 5.69. The summed E-state index contributed by atoms with van der Waals surface area (Å²) in [5.41, 5.74) is -0.176. The van der Waals surface area contributed by atoms with Gasteiger partial charge in [-0.1, -0.05) is 41.4 Å². The molecule has 2 aromatic rings. The maximum Gasteiger partial charge on any atom is 0.341 e. The van der Waals surface area contributed by atoms with Crippen LogP contribution in [0.4, 0.5) is 4.79 Å². The predicted octanol–water partition coefficient (Wildman–Crippen LogP) is 3.37. The number of carbonyl (C=O) groups excluding carboxylic acids is 6. The Kier molecular flexibility index (Phi) is 13.8. The van der Waals surface area contributed by atoms with Crippen LogP contribution < -0.4 is 16.0 Å². The van der Waals surface area contributed by atoms with Gasteiger partial charge in [-0.2, -0.15) is 0 Å². The number of hydrogen-bond acceptors (Lipinski definition) is 9. The Morgan fingerprint density at radius 2 is 1.84 bits per heavy atom. The smallest absolute Gasteiger partial charge is 0.341 e. The standard InChI is InChI=1S/C33H37Cl2N5O9S/c1-2-6-19(31(45)46)17-24(26(41)18-49-32(47)28-21(34)8-3-9-22(28)35)37-29(43)25-10-4-15-39-27(42)12-11-23(30(44)40(25)39)38-33(48)36-14-13-20-7-5-16-50-20/h2-3,5,7-9,16,19,23-25H,1,4,6,10-15,17-18H2,(H,37,43)(H,45,46)(H2,36,38,48)/t19?,23-,24-,25-/m0/s1. The molecule has 1 unspecified atom stereocenters. The Labute approximate surface area is 302 Å². The number of benzene rings is 1. The first-order valence-corrected chi connectivity index (χ1v) is 17.5. The number of amides is 5. The van der Waals surface area contributed by atoms with Gasteiger partial charge in [0.15, 0.2) is 12.4 Å². The van der Waals surface area contributed by atoms with Gasteiger partial charge in [-0.3, -0.25) is 29.0 Å². The molecule has 4 N–H and O–H groups in total. The summed E-state index contributed by atoms with van der Waals surface area (Å²) in [7, 11) is 0. The molecule has 2 aliphatic rings. The van der Waals surface area contributed by atoms with Crippen LogP contribution in [0.25, 0.3) is 0 Å². The number of ketones is 1. The van der Waals surface area contributed by atoms with Crippen LogP contribution in [0.1, 0.15) is 53.8 Å². The number of nitrogens with zero attached hydrogens (tertiary/aromatic N) is 2. The van der Waals surface area contributed by atoms with Crippen LogP contribution in [0.15, 0.2) is 48.4 Å². The van der Waals surface area contributed by atoms with Crippen LogP contribution >= 0.6 is 34.5 Å². The molecule has 2 saturated heterocycles. The molecular weight excluding hydrogens is 713 g/mol. The number of carbonyl (C=O) groups is 7. The first-order valence-electron chi connectivity index (χ1n) is 15.9. The van der Waals surface area contributed by atoms with Crippen molar-refractivity contribution in [1.29, 1.82) is 0 Å². The number of urea groups is 1. The van der Waals surface area contributed by atoms with E-state index in [2.05, 4.69) is 22.5 Å². The first-order chi connectivity index (χ1) is 23.9. The molecule has 0 spiro atoms. The highest BCUT2D eigenvalue weighted by Crippen LogP contribution is 2.27. The van der Waals surface area contributed by atoms with Gasteiger partial charge in [0.05, 0.1) is 27.6 Å². The average Bonchev–Trinajstić information content (AvgIpc) is 3.57. The average molecular weight is 751 g/mol. The lowest BCUT2D eigenvalue weighted by Gasteiger charge is -2.43. The van der Waals surface area contributed by atoms with Gasteiger partial charge in [0.2, 0.25) is 11.8 Å². The second-order valence-corrected chi connectivity index (χ2v) is 13.5. The molecule has 3 heterocycles. The molecule has 17 heteroatoms. The van der Waals surface area contributed by atoms with Gasteiger partial charge in [-0.25, -0.2) is 14.6 Å². The number of thiophene rings is 1. The minimum absolute atomic E-state index is 0.00111. The molecule has 0 saturated carbocycles. The number of halogens is 2. The molecule has 2 fully saturated rings. The molecule has 0 bridgehead atoms. The van der Waals surface area contributed by atoms with Crippen LogP contribution in [-0.4, -0.2) is 94.4 Å². The first kappa shape index (κ1) is 38.3. The highest BCUT2D eigenvalue weighted by Gasteiger charge is 2.45. The second kappa shape index (κ2) is 18.0. The zero-order valence-electron chi connectivity index (χ0n) is 26.9. The summed E-state index contributed by atoms with van der Waals surface area (Å²) in [6.45, 7) is 3.16. The van der Waals surface area contributed by atoms with Crippen molar-refractivity contribution in [2.75, 3.05) is 19.7 Å². The van der Waals surface area contributed by atoms with E-state index < -0.39 is 78.5 Å². The normalized spacial score (nSPS) is 18.6. The quantitative estimate of drug-likeness (QED) is 0.156. The van der Waals surface area contributed by atoms with Crippen molar-refractivity contribution in [2.24, 2.45) is 5.92 Å². The van der Waals surface area contributed by atoms with Gasteiger partial charge in [0.25, 0.3) is 5.91 Å². The monoisotopic (exact) mass is 749 g/mol. The number of Topliss-reactive ketones (excluding diaryl/α,β-unsaturated/α-hetero) is 1. The second-order valence-electron chi connectivity index (χ2n) is 11.7. The molecule has 0 radical (unpaired) electrons. The van der Waals surface area contributed by atoms with Crippen molar-refractivity contribution in [3.63, 3.8) is 0 Å². The van der Waals surface area contributed by atoms with Crippen molar-refractivity contribution in [3.8, 4) is 0 Å². The van der Waals surface area contributed by atoms with Crippen molar-refractivity contribution in [2.45, 2.75) is 63.1 Å². The Balaban J connectivity index is 1.49. The Bertz CT molecular complexity index is 1600. The molecular formula is C33H37Cl2N5O9S. The Morgan fingerprint density at radius 1 is 1.10 bits per heavy atom. The van der Waals surface area contributed by atoms with E-state index in [4.69, 9.17) is 27.9 Å². The minimum atomic E-state index is -1.48. The number of carboxylic acid groups (broad SMARTS) is 1. The molecule has 4 atom stereocenters. The van der Waals surface area contributed by atoms with Crippen LogP contribution in [-0.2, 0) is 35.1 Å².